The van der Waals surface area contributed by atoms with Gasteiger partial charge in [0.2, 0.25) is 0 Å². The molecular formula is C17H25N3O2. The lowest BCUT2D eigenvalue weighted by Crippen LogP contribution is -2.38. The van der Waals surface area contributed by atoms with Gasteiger partial charge in [-0.1, -0.05) is 0 Å². The second-order valence-electron chi connectivity index (χ2n) is 7.06. The lowest BCUT2D eigenvalue weighted by Gasteiger charge is -2.27. The Morgan fingerprint density at radius 1 is 1.09 bits per heavy atom. The second kappa shape index (κ2) is 5.88. The van der Waals surface area contributed by atoms with E-state index in [1.165, 1.54) is 12.8 Å². The average molecular weight is 303 g/mol. The van der Waals surface area contributed by atoms with E-state index in [0.717, 1.165) is 24.7 Å². The molecule has 0 spiro atoms. The van der Waals surface area contributed by atoms with E-state index in [-0.39, 0.29) is 23.1 Å². The first-order chi connectivity index (χ1) is 10.5. The molecule has 2 aliphatic carbocycles. The van der Waals surface area contributed by atoms with Crippen LogP contribution in [0.25, 0.3) is 0 Å². The lowest BCUT2D eigenvalue weighted by molar-refractivity contribution is 0.0724. The van der Waals surface area contributed by atoms with E-state index in [0.29, 0.717) is 6.04 Å². The number of amides is 1. The Morgan fingerprint density at radius 2 is 1.68 bits per heavy atom. The predicted octanol–water partition coefficient (Wildman–Crippen LogP) is 1.57. The Balaban J connectivity index is 1.66. The van der Waals surface area contributed by atoms with E-state index in [4.69, 9.17) is 0 Å². The fraction of sp³-hybridized carbons (Fsp3) is 0.647. The molecule has 4 atom stereocenters. The van der Waals surface area contributed by atoms with Crippen molar-refractivity contribution in [3.05, 3.63) is 34.2 Å². The van der Waals surface area contributed by atoms with Crippen LogP contribution in [-0.4, -0.2) is 53.9 Å². The van der Waals surface area contributed by atoms with Crippen molar-refractivity contribution in [3.8, 4) is 0 Å². The number of nitrogens with one attached hydrogen (secondary N) is 1. The second-order valence-corrected chi connectivity index (χ2v) is 7.06. The molecule has 0 aromatic carbocycles. The van der Waals surface area contributed by atoms with Crippen molar-refractivity contribution in [3.63, 3.8) is 0 Å². The quantitative estimate of drug-likeness (QED) is 0.922. The molecule has 5 heteroatoms. The molecule has 0 aliphatic heterocycles. The summed E-state index contributed by atoms with van der Waals surface area (Å²) < 4.78 is 0. The molecule has 2 aliphatic rings. The predicted molar refractivity (Wildman–Crippen MR) is 85.9 cm³/mol. The van der Waals surface area contributed by atoms with Gasteiger partial charge in [0.05, 0.1) is 0 Å². The summed E-state index contributed by atoms with van der Waals surface area (Å²) in [5.74, 6) is 1.29. The van der Waals surface area contributed by atoms with E-state index in [2.05, 4.69) is 24.0 Å². The summed E-state index contributed by atoms with van der Waals surface area (Å²) in [4.78, 5) is 31.0. The zero-order valence-corrected chi connectivity index (χ0v) is 13.6. The van der Waals surface area contributed by atoms with Crippen LogP contribution in [0.3, 0.4) is 0 Å². The number of hydrogen-bond acceptors (Lipinski definition) is 3. The van der Waals surface area contributed by atoms with Crippen LogP contribution in [0.1, 0.15) is 36.0 Å². The Labute approximate surface area is 131 Å². The number of fused-ring (bicyclic) bond motifs is 1. The number of carbonyl (C=O) groups excluding carboxylic acids is 1. The minimum atomic E-state index is -0.301. The Kier molecular flexibility index (Phi) is 4.08. The maximum atomic E-state index is 12.5. The van der Waals surface area contributed by atoms with Gasteiger partial charge in [-0.3, -0.25) is 9.59 Å². The SMILES string of the molecule is CN(C)C1C[C@@H]2CC(N(C)C(=O)c3ccc[nH]c3=O)C[C@@H]2C1. The number of H-pyrrole nitrogens is 1. The number of rotatable bonds is 3. The molecule has 5 nitrogen and oxygen atoms in total. The van der Waals surface area contributed by atoms with Crippen LogP contribution in [0.5, 0.6) is 0 Å². The van der Waals surface area contributed by atoms with Gasteiger partial charge in [-0.05, 0) is 63.7 Å². The van der Waals surface area contributed by atoms with Gasteiger partial charge in [-0.25, -0.2) is 0 Å². The first-order valence-corrected chi connectivity index (χ1v) is 8.08. The largest absolute Gasteiger partial charge is 0.339 e. The lowest BCUT2D eigenvalue weighted by atomic mass is 10.0. The topological polar surface area (TPSA) is 56.4 Å². The summed E-state index contributed by atoms with van der Waals surface area (Å²) in [6.07, 6.45) is 6.18. The third kappa shape index (κ3) is 2.70. The number of aromatic nitrogens is 1. The minimum absolute atomic E-state index is 0.156. The maximum absolute atomic E-state index is 12.5. The number of nitrogens with zero attached hydrogens (tertiary/aromatic N) is 2. The van der Waals surface area contributed by atoms with E-state index in [9.17, 15) is 9.59 Å². The van der Waals surface area contributed by atoms with Gasteiger partial charge in [0, 0.05) is 25.3 Å². The Bertz CT molecular complexity index is 596. The van der Waals surface area contributed by atoms with Gasteiger partial charge in [0.15, 0.2) is 0 Å². The highest BCUT2D eigenvalue weighted by Gasteiger charge is 2.44. The highest BCUT2D eigenvalue weighted by atomic mass is 16.2. The molecule has 0 bridgehead atoms. The van der Waals surface area contributed by atoms with E-state index < -0.39 is 0 Å². The summed E-state index contributed by atoms with van der Waals surface area (Å²) in [5.41, 5.74) is -0.0570. The highest BCUT2D eigenvalue weighted by Crippen LogP contribution is 2.46. The molecule has 2 saturated carbocycles. The molecule has 2 unspecified atom stereocenters. The van der Waals surface area contributed by atoms with Crippen LogP contribution in [0, 0.1) is 11.8 Å². The van der Waals surface area contributed by atoms with Crippen LogP contribution in [0.2, 0.25) is 0 Å². The molecule has 0 radical (unpaired) electrons. The van der Waals surface area contributed by atoms with Gasteiger partial charge in [-0.15, -0.1) is 0 Å². The van der Waals surface area contributed by atoms with Crippen LogP contribution >= 0.6 is 0 Å². The molecule has 1 N–H and O–H groups in total. The van der Waals surface area contributed by atoms with Crippen molar-refractivity contribution in [2.45, 2.75) is 37.8 Å². The van der Waals surface area contributed by atoms with Crippen LogP contribution in [-0.2, 0) is 0 Å². The molecular weight excluding hydrogens is 278 g/mol. The maximum Gasteiger partial charge on any atom is 0.260 e. The van der Waals surface area contributed by atoms with Crippen LogP contribution in [0.15, 0.2) is 23.1 Å². The molecule has 120 valence electrons. The molecule has 2 fully saturated rings. The fourth-order valence-corrected chi connectivity index (χ4v) is 4.24. The highest BCUT2D eigenvalue weighted by molar-refractivity contribution is 5.93. The van der Waals surface area contributed by atoms with Crippen molar-refractivity contribution in [2.75, 3.05) is 21.1 Å². The van der Waals surface area contributed by atoms with Crippen molar-refractivity contribution < 1.29 is 4.79 Å². The number of carbonyl (C=O) groups is 1. The molecule has 1 aromatic heterocycles. The summed E-state index contributed by atoms with van der Waals surface area (Å²) >= 11 is 0. The number of hydrogen-bond donors (Lipinski definition) is 1. The van der Waals surface area contributed by atoms with Crippen LogP contribution in [0.4, 0.5) is 0 Å². The van der Waals surface area contributed by atoms with E-state index >= 15 is 0 Å². The van der Waals surface area contributed by atoms with Crippen molar-refractivity contribution >= 4 is 5.91 Å². The van der Waals surface area contributed by atoms with Gasteiger partial charge < -0.3 is 14.8 Å². The van der Waals surface area contributed by atoms with E-state index in [1.807, 2.05) is 7.05 Å². The number of pyridine rings is 1. The Morgan fingerprint density at radius 3 is 2.23 bits per heavy atom. The zero-order valence-electron chi connectivity index (χ0n) is 13.6. The fourth-order valence-electron chi connectivity index (χ4n) is 4.24. The smallest absolute Gasteiger partial charge is 0.260 e. The average Bonchev–Trinajstić information content (AvgIpc) is 3.04. The summed E-state index contributed by atoms with van der Waals surface area (Å²) in [7, 11) is 6.14. The molecule has 0 saturated heterocycles. The third-order valence-electron chi connectivity index (χ3n) is 5.61. The van der Waals surface area contributed by atoms with Crippen molar-refractivity contribution in [2.24, 2.45) is 11.8 Å². The van der Waals surface area contributed by atoms with Crippen molar-refractivity contribution in [1.29, 1.82) is 0 Å². The number of aromatic amines is 1. The van der Waals surface area contributed by atoms with Gasteiger partial charge in [-0.2, -0.15) is 0 Å². The van der Waals surface area contributed by atoms with Gasteiger partial charge >= 0.3 is 0 Å². The molecule has 1 heterocycles. The normalized spacial score (nSPS) is 30.5. The van der Waals surface area contributed by atoms with Gasteiger partial charge in [0.1, 0.15) is 5.56 Å². The summed E-state index contributed by atoms with van der Waals surface area (Å²) in [5, 5.41) is 0. The summed E-state index contributed by atoms with van der Waals surface area (Å²) in [6.45, 7) is 0. The Hall–Kier alpha value is -1.62. The molecule has 3 rings (SSSR count). The monoisotopic (exact) mass is 303 g/mol. The first-order valence-electron chi connectivity index (χ1n) is 8.08. The van der Waals surface area contributed by atoms with Crippen LogP contribution < -0.4 is 5.56 Å². The minimum Gasteiger partial charge on any atom is -0.339 e. The zero-order chi connectivity index (χ0) is 15.9. The molecule has 1 amide bonds. The first kappa shape index (κ1) is 15.3. The molecule has 22 heavy (non-hydrogen) atoms. The standard InChI is InChI=1S/C17H25N3O2/c1-19(2)13-7-11-9-14(10-12(11)8-13)20(3)17(22)15-5-4-6-18-16(15)21/h4-6,11-14H,7-10H2,1-3H3,(H,18,21)/t11-,12+,13?,14?. The third-order valence-corrected chi connectivity index (χ3v) is 5.61. The van der Waals surface area contributed by atoms with E-state index in [1.54, 1.807) is 23.2 Å². The molecule has 1 aromatic rings. The van der Waals surface area contributed by atoms with Gasteiger partial charge in [0.25, 0.3) is 11.5 Å². The summed E-state index contributed by atoms with van der Waals surface area (Å²) in [6, 6.07) is 4.27. The van der Waals surface area contributed by atoms with Crippen molar-refractivity contribution in [1.82, 2.24) is 14.8 Å².